The number of hydrogen-bond donors (Lipinski definition) is 0. The highest BCUT2D eigenvalue weighted by Gasteiger charge is 2.32. The fraction of sp³-hybridized carbons (Fsp3) is 0.727. The molecule has 1 aromatic rings. The van der Waals surface area contributed by atoms with Gasteiger partial charge in [0.1, 0.15) is 4.90 Å². The van der Waals surface area contributed by atoms with Crippen LogP contribution in [-0.2, 0) is 16.6 Å². The van der Waals surface area contributed by atoms with Crippen LogP contribution >= 0.6 is 23.4 Å². The molecule has 0 spiro atoms. The van der Waals surface area contributed by atoms with Gasteiger partial charge in [-0.2, -0.15) is 21.2 Å². The SMILES string of the molecule is CC1CSCCN1S(=O)(=O)c1cnn(CCCCl)c1. The number of nitrogens with zero attached hydrogens (tertiary/aromatic N) is 3. The van der Waals surface area contributed by atoms with Crippen molar-refractivity contribution in [3.8, 4) is 0 Å². The third kappa shape index (κ3) is 3.45. The second kappa shape index (κ2) is 6.47. The van der Waals surface area contributed by atoms with E-state index in [1.165, 1.54) is 6.20 Å². The van der Waals surface area contributed by atoms with Gasteiger partial charge in [0.05, 0.1) is 6.20 Å². The molecule has 0 bridgehead atoms. The van der Waals surface area contributed by atoms with Crippen molar-refractivity contribution in [2.45, 2.75) is 30.8 Å². The Bertz CT molecular complexity index is 518. The molecule has 1 unspecified atom stereocenters. The molecule has 1 fully saturated rings. The summed E-state index contributed by atoms with van der Waals surface area (Å²) in [5.74, 6) is 2.24. The largest absolute Gasteiger partial charge is 0.271 e. The van der Waals surface area contributed by atoms with Crippen LogP contribution in [0.2, 0.25) is 0 Å². The van der Waals surface area contributed by atoms with E-state index < -0.39 is 10.0 Å². The Morgan fingerprint density at radius 3 is 3.05 bits per heavy atom. The zero-order valence-corrected chi connectivity index (χ0v) is 13.2. The number of halogens is 1. The maximum Gasteiger partial charge on any atom is 0.246 e. The van der Waals surface area contributed by atoms with Crippen LogP contribution in [0.4, 0.5) is 0 Å². The van der Waals surface area contributed by atoms with Crippen molar-refractivity contribution < 1.29 is 8.42 Å². The number of thioether (sulfide) groups is 1. The van der Waals surface area contributed by atoms with E-state index in [0.29, 0.717) is 19.0 Å². The summed E-state index contributed by atoms with van der Waals surface area (Å²) in [5, 5.41) is 4.09. The van der Waals surface area contributed by atoms with E-state index in [1.807, 2.05) is 6.92 Å². The molecule has 2 rings (SSSR count). The van der Waals surface area contributed by atoms with E-state index in [2.05, 4.69) is 5.10 Å². The Morgan fingerprint density at radius 1 is 1.58 bits per heavy atom. The quantitative estimate of drug-likeness (QED) is 0.773. The van der Waals surface area contributed by atoms with Crippen LogP contribution in [0.15, 0.2) is 17.3 Å². The molecule has 0 aromatic carbocycles. The Hall–Kier alpha value is -0.240. The van der Waals surface area contributed by atoms with Crippen LogP contribution < -0.4 is 0 Å². The lowest BCUT2D eigenvalue weighted by atomic mass is 10.4. The minimum Gasteiger partial charge on any atom is -0.271 e. The first-order valence-corrected chi connectivity index (χ1v) is 9.36. The van der Waals surface area contributed by atoms with Crippen molar-refractivity contribution in [2.24, 2.45) is 0 Å². The maximum absolute atomic E-state index is 12.5. The van der Waals surface area contributed by atoms with Gasteiger partial charge >= 0.3 is 0 Å². The van der Waals surface area contributed by atoms with Crippen LogP contribution in [0, 0.1) is 0 Å². The smallest absolute Gasteiger partial charge is 0.246 e. The van der Waals surface area contributed by atoms with Gasteiger partial charge in [0, 0.05) is 42.7 Å². The van der Waals surface area contributed by atoms with Crippen LogP contribution in [0.1, 0.15) is 13.3 Å². The molecule has 19 heavy (non-hydrogen) atoms. The molecule has 8 heteroatoms. The van der Waals surface area contributed by atoms with Crippen LogP contribution in [0.25, 0.3) is 0 Å². The Labute approximate surface area is 123 Å². The number of rotatable bonds is 5. The lowest BCUT2D eigenvalue weighted by molar-refractivity contribution is 0.367. The summed E-state index contributed by atoms with van der Waals surface area (Å²) < 4.78 is 28.3. The van der Waals surface area contributed by atoms with Gasteiger partial charge in [-0.1, -0.05) is 0 Å². The van der Waals surface area contributed by atoms with Gasteiger partial charge in [0.2, 0.25) is 10.0 Å². The number of hydrogen-bond acceptors (Lipinski definition) is 4. The van der Waals surface area contributed by atoms with Gasteiger partial charge < -0.3 is 0 Å². The van der Waals surface area contributed by atoms with Crippen molar-refractivity contribution in [1.29, 1.82) is 0 Å². The fourth-order valence-electron chi connectivity index (χ4n) is 2.03. The molecule has 0 N–H and O–H groups in total. The molecule has 1 saturated heterocycles. The van der Waals surface area contributed by atoms with Gasteiger partial charge in [-0.25, -0.2) is 8.42 Å². The minimum absolute atomic E-state index is 0.0370. The molecule has 0 saturated carbocycles. The molecule has 0 amide bonds. The van der Waals surface area contributed by atoms with E-state index in [4.69, 9.17) is 11.6 Å². The van der Waals surface area contributed by atoms with E-state index in [-0.39, 0.29) is 10.9 Å². The average Bonchev–Trinajstić information content (AvgIpc) is 2.86. The average molecular weight is 324 g/mol. The predicted octanol–water partition coefficient (Wildman–Crippen LogP) is 1.64. The zero-order chi connectivity index (χ0) is 13.9. The number of alkyl halides is 1. The van der Waals surface area contributed by atoms with Crippen LogP contribution in [0.3, 0.4) is 0 Å². The molecular formula is C11H18ClN3O2S2. The lowest BCUT2D eigenvalue weighted by Crippen LogP contribution is -2.44. The third-order valence-electron chi connectivity index (χ3n) is 3.04. The third-order valence-corrected chi connectivity index (χ3v) is 6.47. The van der Waals surface area contributed by atoms with Crippen molar-refractivity contribution >= 4 is 33.4 Å². The summed E-state index contributed by atoms with van der Waals surface area (Å²) in [6.45, 7) is 3.16. The highest BCUT2D eigenvalue weighted by molar-refractivity contribution is 7.99. The Balaban J connectivity index is 2.16. The normalized spacial score (nSPS) is 21.7. The summed E-state index contributed by atoms with van der Waals surface area (Å²) in [7, 11) is -3.41. The van der Waals surface area contributed by atoms with E-state index in [0.717, 1.165) is 17.9 Å². The molecule has 1 aliphatic heterocycles. The van der Waals surface area contributed by atoms with E-state index >= 15 is 0 Å². The van der Waals surface area contributed by atoms with Gasteiger partial charge in [0.25, 0.3) is 0 Å². The summed E-state index contributed by atoms with van der Waals surface area (Å²) in [5.41, 5.74) is 0. The summed E-state index contributed by atoms with van der Waals surface area (Å²) in [6, 6.07) is 0.0370. The van der Waals surface area contributed by atoms with Crippen molar-refractivity contribution in [3.05, 3.63) is 12.4 Å². The first kappa shape index (κ1) is 15.2. The first-order valence-electron chi connectivity index (χ1n) is 6.23. The van der Waals surface area contributed by atoms with Crippen LogP contribution in [0.5, 0.6) is 0 Å². The maximum atomic E-state index is 12.5. The number of sulfonamides is 1. The lowest BCUT2D eigenvalue weighted by Gasteiger charge is -2.31. The van der Waals surface area contributed by atoms with Crippen molar-refractivity contribution in [1.82, 2.24) is 14.1 Å². The highest BCUT2D eigenvalue weighted by atomic mass is 35.5. The minimum atomic E-state index is -3.41. The predicted molar refractivity (Wildman–Crippen MR) is 78.2 cm³/mol. The molecule has 1 atom stereocenters. The van der Waals surface area contributed by atoms with E-state index in [1.54, 1.807) is 26.9 Å². The van der Waals surface area contributed by atoms with Crippen molar-refractivity contribution in [2.75, 3.05) is 23.9 Å². The molecule has 0 aliphatic carbocycles. The summed E-state index contributed by atoms with van der Waals surface area (Å²) >= 11 is 7.41. The zero-order valence-electron chi connectivity index (χ0n) is 10.8. The summed E-state index contributed by atoms with van der Waals surface area (Å²) in [6.07, 6.45) is 3.80. The monoisotopic (exact) mass is 323 g/mol. The number of aryl methyl sites for hydroxylation is 1. The molecule has 2 heterocycles. The summed E-state index contributed by atoms with van der Waals surface area (Å²) in [4.78, 5) is 0.279. The molecule has 1 aromatic heterocycles. The number of aromatic nitrogens is 2. The van der Waals surface area contributed by atoms with E-state index in [9.17, 15) is 8.42 Å². The molecule has 1 aliphatic rings. The molecule has 108 valence electrons. The van der Waals surface area contributed by atoms with Gasteiger partial charge in [-0.3, -0.25) is 4.68 Å². The van der Waals surface area contributed by atoms with Crippen LogP contribution in [-0.4, -0.2) is 52.5 Å². The topological polar surface area (TPSA) is 55.2 Å². The Kier molecular flexibility index (Phi) is 5.16. The first-order chi connectivity index (χ1) is 9.05. The Morgan fingerprint density at radius 2 is 2.37 bits per heavy atom. The highest BCUT2D eigenvalue weighted by Crippen LogP contribution is 2.24. The van der Waals surface area contributed by atoms with Gasteiger partial charge in [-0.15, -0.1) is 11.6 Å². The van der Waals surface area contributed by atoms with Gasteiger partial charge in [0.15, 0.2) is 0 Å². The van der Waals surface area contributed by atoms with Gasteiger partial charge in [-0.05, 0) is 13.3 Å². The second-order valence-corrected chi connectivity index (χ2v) is 7.94. The molecule has 5 nitrogen and oxygen atoms in total. The van der Waals surface area contributed by atoms with Crippen molar-refractivity contribution in [3.63, 3.8) is 0 Å². The standard InChI is InChI=1S/C11H18ClN3O2S2/c1-10-9-18-6-5-15(10)19(16,17)11-7-13-14(8-11)4-2-3-12/h7-8,10H,2-6,9H2,1H3. The molecular weight excluding hydrogens is 306 g/mol. The second-order valence-electron chi connectivity index (χ2n) is 4.52. The fourth-order valence-corrected chi connectivity index (χ4v) is 4.96. The molecule has 0 radical (unpaired) electrons.